The monoisotopic (exact) mass is 385 g/mol. The van der Waals surface area contributed by atoms with Gasteiger partial charge in [-0.25, -0.2) is 0 Å². The summed E-state index contributed by atoms with van der Waals surface area (Å²) in [6, 6.07) is 28.4. The van der Waals surface area contributed by atoms with Crippen LogP contribution in [-0.4, -0.2) is 0 Å². The van der Waals surface area contributed by atoms with Crippen LogP contribution in [0, 0.1) is 0 Å². The second-order valence-corrected chi connectivity index (χ2v) is 6.72. The molecule has 5 heteroatoms. The predicted molar refractivity (Wildman–Crippen MR) is 112 cm³/mol. The zero-order chi connectivity index (χ0) is 19.3. The Morgan fingerprint density at radius 1 is 0.821 bits per heavy atom. The van der Waals surface area contributed by atoms with Crippen molar-refractivity contribution in [3.05, 3.63) is 118 Å². The summed E-state index contributed by atoms with van der Waals surface area (Å²) in [4.78, 5) is 3.08. The summed E-state index contributed by atoms with van der Waals surface area (Å²) in [7, 11) is 0. The van der Waals surface area contributed by atoms with Gasteiger partial charge in [0, 0.05) is 26.6 Å². The van der Waals surface area contributed by atoms with Gasteiger partial charge in [0.2, 0.25) is 0 Å². The second kappa shape index (κ2) is 8.05. The quantitative estimate of drug-likeness (QED) is 0.197. The average Bonchev–Trinajstić information content (AvgIpc) is 3.19. The Bertz CT molecular complexity index is 1120. The maximum Gasteiger partial charge on any atom is 0.138 e. The highest BCUT2D eigenvalue weighted by atomic mass is 35.5. The molecule has 0 aliphatic heterocycles. The molecule has 0 amide bonds. The highest BCUT2D eigenvalue weighted by Gasteiger charge is 2.22. The predicted octanol–water partition coefficient (Wildman–Crippen LogP) is 7.67. The number of halogens is 1. The van der Waals surface area contributed by atoms with E-state index in [1.165, 1.54) is 0 Å². The van der Waals surface area contributed by atoms with Crippen LogP contribution in [0.15, 0.2) is 101 Å². The van der Waals surface area contributed by atoms with Crippen molar-refractivity contribution in [1.29, 1.82) is 0 Å². The molecule has 0 fully saturated rings. The van der Waals surface area contributed by atoms with Gasteiger partial charge in [-0.05, 0) is 29.3 Å². The maximum absolute atomic E-state index is 9.20. The lowest BCUT2D eigenvalue weighted by molar-refractivity contribution is 0.592. The van der Waals surface area contributed by atoms with Gasteiger partial charge < -0.3 is 4.42 Å². The molecule has 1 atom stereocenters. The molecule has 4 rings (SSSR count). The van der Waals surface area contributed by atoms with Gasteiger partial charge >= 0.3 is 0 Å². The number of rotatable bonds is 5. The Morgan fingerprint density at radius 3 is 2.04 bits per heavy atom. The number of furan rings is 1. The standard InChI is InChI=1S/C23H16ClN3O/c24-19-13-11-17(12-14-19)22(26-27-25)20-15-21(16-7-3-1-4-8-16)28-23(20)18-9-5-2-6-10-18/h1-15,22H. The number of benzene rings is 3. The lowest BCUT2D eigenvalue weighted by atomic mass is 9.96. The maximum atomic E-state index is 9.20. The molecule has 0 aliphatic carbocycles. The highest BCUT2D eigenvalue weighted by molar-refractivity contribution is 6.30. The summed E-state index contributed by atoms with van der Waals surface area (Å²) < 4.78 is 6.25. The number of hydrogen-bond acceptors (Lipinski definition) is 2. The smallest absolute Gasteiger partial charge is 0.138 e. The summed E-state index contributed by atoms with van der Waals surface area (Å²) in [5.74, 6) is 1.41. The Hall–Kier alpha value is -3.46. The van der Waals surface area contributed by atoms with Gasteiger partial charge in [-0.2, -0.15) is 0 Å². The fraction of sp³-hybridized carbons (Fsp3) is 0.0435. The first-order valence-electron chi connectivity index (χ1n) is 8.80. The zero-order valence-corrected chi connectivity index (χ0v) is 15.6. The van der Waals surface area contributed by atoms with E-state index in [1.807, 2.05) is 78.9 Å². The molecule has 0 N–H and O–H groups in total. The third-order valence-electron chi connectivity index (χ3n) is 4.50. The molecule has 0 saturated heterocycles. The second-order valence-electron chi connectivity index (χ2n) is 6.29. The van der Waals surface area contributed by atoms with Gasteiger partial charge in [0.05, 0.1) is 6.04 Å². The lowest BCUT2D eigenvalue weighted by Gasteiger charge is -2.12. The van der Waals surface area contributed by atoms with Crippen LogP contribution in [0.2, 0.25) is 5.02 Å². The normalized spacial score (nSPS) is 11.6. The fourth-order valence-electron chi connectivity index (χ4n) is 3.17. The van der Waals surface area contributed by atoms with Crippen molar-refractivity contribution in [3.63, 3.8) is 0 Å². The van der Waals surface area contributed by atoms with Crippen LogP contribution >= 0.6 is 11.6 Å². The summed E-state index contributed by atoms with van der Waals surface area (Å²) in [6.07, 6.45) is 0. The van der Waals surface area contributed by atoms with E-state index in [0.29, 0.717) is 10.8 Å². The first-order valence-corrected chi connectivity index (χ1v) is 9.18. The van der Waals surface area contributed by atoms with Crippen LogP contribution in [0.4, 0.5) is 0 Å². The van der Waals surface area contributed by atoms with E-state index in [9.17, 15) is 5.53 Å². The third-order valence-corrected chi connectivity index (χ3v) is 4.75. The van der Waals surface area contributed by atoms with Gasteiger partial charge in [0.1, 0.15) is 11.5 Å². The molecule has 136 valence electrons. The lowest BCUT2D eigenvalue weighted by Crippen LogP contribution is -1.97. The van der Waals surface area contributed by atoms with Crippen LogP contribution in [0.1, 0.15) is 17.2 Å². The van der Waals surface area contributed by atoms with Crippen LogP contribution in [0.3, 0.4) is 0 Å². The Morgan fingerprint density at radius 2 is 1.43 bits per heavy atom. The summed E-state index contributed by atoms with van der Waals surface area (Å²) in [5.41, 5.74) is 12.7. The van der Waals surface area contributed by atoms with Gasteiger partial charge in [-0.3, -0.25) is 0 Å². The fourth-order valence-corrected chi connectivity index (χ4v) is 3.30. The molecule has 3 aromatic carbocycles. The van der Waals surface area contributed by atoms with Crippen LogP contribution in [-0.2, 0) is 0 Å². The molecule has 4 nitrogen and oxygen atoms in total. The largest absolute Gasteiger partial charge is 0.456 e. The SMILES string of the molecule is [N-]=[N+]=NC(c1ccc(Cl)cc1)c1cc(-c2ccccc2)oc1-c1ccccc1. The van der Waals surface area contributed by atoms with Gasteiger partial charge in [-0.1, -0.05) is 89.5 Å². The topological polar surface area (TPSA) is 61.9 Å². The van der Waals surface area contributed by atoms with Gasteiger partial charge in [-0.15, -0.1) is 0 Å². The Labute approximate surface area is 167 Å². The molecule has 0 aliphatic rings. The van der Waals surface area contributed by atoms with Gasteiger partial charge in [0.15, 0.2) is 0 Å². The van der Waals surface area contributed by atoms with Crippen molar-refractivity contribution in [2.45, 2.75) is 6.04 Å². The molecule has 1 heterocycles. The summed E-state index contributed by atoms with van der Waals surface area (Å²) in [6.45, 7) is 0. The molecule has 1 aromatic heterocycles. The highest BCUT2D eigenvalue weighted by Crippen LogP contribution is 2.40. The Balaban J connectivity index is 1.91. The van der Waals surface area contributed by atoms with Crippen molar-refractivity contribution in [2.75, 3.05) is 0 Å². The molecule has 0 saturated carbocycles. The Kier molecular flexibility index (Phi) is 5.16. The molecule has 28 heavy (non-hydrogen) atoms. The number of nitrogens with zero attached hydrogens (tertiary/aromatic N) is 3. The van der Waals surface area contributed by atoms with E-state index in [-0.39, 0.29) is 0 Å². The number of azide groups is 1. The van der Waals surface area contributed by atoms with Crippen molar-refractivity contribution < 1.29 is 4.42 Å². The van der Waals surface area contributed by atoms with Crippen molar-refractivity contribution in [1.82, 2.24) is 0 Å². The van der Waals surface area contributed by atoms with E-state index >= 15 is 0 Å². The van der Waals surface area contributed by atoms with E-state index in [0.717, 1.165) is 28.0 Å². The zero-order valence-electron chi connectivity index (χ0n) is 14.9. The average molecular weight is 386 g/mol. The van der Waals surface area contributed by atoms with Crippen molar-refractivity contribution >= 4 is 11.6 Å². The molecule has 0 spiro atoms. The molecular formula is C23H16ClN3O. The summed E-state index contributed by atoms with van der Waals surface area (Å²) in [5, 5.41) is 4.69. The molecule has 4 aromatic rings. The molecule has 0 bridgehead atoms. The van der Waals surface area contributed by atoms with Crippen molar-refractivity contribution in [3.8, 4) is 22.6 Å². The van der Waals surface area contributed by atoms with Gasteiger partial charge in [0.25, 0.3) is 0 Å². The minimum Gasteiger partial charge on any atom is -0.456 e. The van der Waals surface area contributed by atoms with E-state index in [4.69, 9.17) is 16.0 Å². The van der Waals surface area contributed by atoms with Crippen LogP contribution in [0.25, 0.3) is 33.1 Å². The van der Waals surface area contributed by atoms with E-state index in [2.05, 4.69) is 10.0 Å². The minimum absolute atomic E-state index is 0.529. The molecule has 1 unspecified atom stereocenters. The molecule has 0 radical (unpaired) electrons. The summed E-state index contributed by atoms with van der Waals surface area (Å²) >= 11 is 6.03. The van der Waals surface area contributed by atoms with Crippen molar-refractivity contribution in [2.24, 2.45) is 5.11 Å². The van der Waals surface area contributed by atoms with E-state index < -0.39 is 6.04 Å². The molecular weight excluding hydrogens is 370 g/mol. The van der Waals surface area contributed by atoms with Crippen LogP contribution in [0.5, 0.6) is 0 Å². The third kappa shape index (κ3) is 3.65. The van der Waals surface area contributed by atoms with Crippen LogP contribution < -0.4 is 0 Å². The first-order chi connectivity index (χ1) is 13.8. The minimum atomic E-state index is -0.529. The van der Waals surface area contributed by atoms with E-state index in [1.54, 1.807) is 12.1 Å². The first kappa shape index (κ1) is 17.9. The number of hydrogen-bond donors (Lipinski definition) is 0.